The highest BCUT2D eigenvalue weighted by molar-refractivity contribution is 4.95. The van der Waals surface area contributed by atoms with E-state index in [9.17, 15) is 0 Å². The molecule has 1 heteroatoms. The zero-order valence-electron chi connectivity index (χ0n) is 15.4. The predicted molar refractivity (Wildman–Crippen MR) is 97.7 cm³/mol. The topological polar surface area (TPSA) is 3.24 Å². The molecule has 0 unspecified atom stereocenters. The summed E-state index contributed by atoms with van der Waals surface area (Å²) in [5.74, 6) is 1.00. The van der Waals surface area contributed by atoms with Crippen molar-refractivity contribution >= 4 is 0 Å². The average molecular weight is 296 g/mol. The molecule has 0 aromatic heterocycles. The van der Waals surface area contributed by atoms with Crippen LogP contribution in [0, 0.1) is 5.92 Å². The van der Waals surface area contributed by atoms with Crippen molar-refractivity contribution in [1.82, 2.24) is 4.90 Å². The summed E-state index contributed by atoms with van der Waals surface area (Å²) >= 11 is 0. The second-order valence-corrected chi connectivity index (χ2v) is 6.54. The number of nitrogens with zero attached hydrogens (tertiary/aromatic N) is 1. The Bertz CT molecular complexity index is 230. The standard InChI is InChI=1S/C11H21N.C9H20/c1-3-4-9-12-10-7-5-6-8-11(12)2;1-4-7-8-9(5-2)6-3/h2-10H2,1H3;9H,4-8H2,1-3H3. The summed E-state index contributed by atoms with van der Waals surface area (Å²) < 4.78 is 0. The molecule has 1 saturated heterocycles. The fourth-order valence-corrected chi connectivity index (χ4v) is 2.93. The number of hydrogen-bond acceptors (Lipinski definition) is 1. The van der Waals surface area contributed by atoms with Gasteiger partial charge in [0.2, 0.25) is 0 Å². The van der Waals surface area contributed by atoms with Crippen LogP contribution in [-0.4, -0.2) is 18.0 Å². The summed E-state index contributed by atoms with van der Waals surface area (Å²) in [7, 11) is 0. The van der Waals surface area contributed by atoms with Crippen molar-refractivity contribution in [3.8, 4) is 0 Å². The number of rotatable bonds is 8. The van der Waals surface area contributed by atoms with Crippen LogP contribution in [0.4, 0.5) is 0 Å². The van der Waals surface area contributed by atoms with Gasteiger partial charge < -0.3 is 4.90 Å². The Hall–Kier alpha value is -0.460. The third kappa shape index (κ3) is 10.8. The summed E-state index contributed by atoms with van der Waals surface area (Å²) in [5, 5.41) is 0. The Morgan fingerprint density at radius 2 is 1.62 bits per heavy atom. The highest BCUT2D eigenvalue weighted by Crippen LogP contribution is 2.18. The monoisotopic (exact) mass is 295 g/mol. The lowest BCUT2D eigenvalue weighted by Crippen LogP contribution is -2.23. The SMILES string of the molecule is C=C1CCCCCN1CCCC.CCCCC(CC)CC. The van der Waals surface area contributed by atoms with Gasteiger partial charge in [0.25, 0.3) is 0 Å². The molecule has 0 saturated carbocycles. The summed E-state index contributed by atoms with van der Waals surface area (Å²) in [6.07, 6.45) is 14.9. The van der Waals surface area contributed by atoms with Crippen LogP contribution in [0.3, 0.4) is 0 Å². The third-order valence-corrected chi connectivity index (χ3v) is 4.74. The molecule has 21 heavy (non-hydrogen) atoms. The fourth-order valence-electron chi connectivity index (χ4n) is 2.93. The number of unbranched alkanes of at least 4 members (excludes halogenated alkanes) is 2. The van der Waals surface area contributed by atoms with Gasteiger partial charge in [0.05, 0.1) is 0 Å². The Morgan fingerprint density at radius 1 is 0.952 bits per heavy atom. The van der Waals surface area contributed by atoms with Gasteiger partial charge in [-0.05, 0) is 31.6 Å². The minimum atomic E-state index is 1.00. The molecule has 0 spiro atoms. The summed E-state index contributed by atoms with van der Waals surface area (Å²) in [6, 6.07) is 0. The van der Waals surface area contributed by atoms with E-state index in [0.717, 1.165) is 5.92 Å². The van der Waals surface area contributed by atoms with E-state index in [2.05, 4.69) is 39.2 Å². The molecular formula is C20H41N. The maximum absolute atomic E-state index is 4.13. The van der Waals surface area contributed by atoms with E-state index < -0.39 is 0 Å². The molecule has 1 aliphatic rings. The predicted octanol–water partition coefficient (Wildman–Crippen LogP) is 6.79. The number of likely N-dealkylation sites (tertiary alicyclic amines) is 1. The molecule has 1 heterocycles. The summed E-state index contributed by atoms with van der Waals surface area (Å²) in [4.78, 5) is 2.48. The van der Waals surface area contributed by atoms with Crippen LogP contribution >= 0.6 is 0 Å². The number of hydrogen-bond donors (Lipinski definition) is 0. The molecule has 0 aromatic carbocycles. The molecule has 1 fully saturated rings. The number of allylic oxidation sites excluding steroid dienone is 1. The zero-order valence-corrected chi connectivity index (χ0v) is 15.4. The van der Waals surface area contributed by atoms with E-state index in [0.29, 0.717) is 0 Å². The van der Waals surface area contributed by atoms with E-state index in [4.69, 9.17) is 0 Å². The molecular weight excluding hydrogens is 254 g/mol. The lowest BCUT2D eigenvalue weighted by atomic mass is 9.97. The van der Waals surface area contributed by atoms with Gasteiger partial charge in [-0.25, -0.2) is 0 Å². The van der Waals surface area contributed by atoms with E-state index in [1.165, 1.54) is 89.4 Å². The average Bonchev–Trinajstić information content (AvgIpc) is 2.71. The molecule has 1 rings (SSSR count). The highest BCUT2D eigenvalue weighted by Gasteiger charge is 2.10. The van der Waals surface area contributed by atoms with Crippen LogP contribution in [0.25, 0.3) is 0 Å². The van der Waals surface area contributed by atoms with Crippen molar-refractivity contribution in [2.24, 2.45) is 5.92 Å². The van der Waals surface area contributed by atoms with Gasteiger partial charge in [0.15, 0.2) is 0 Å². The molecule has 0 bridgehead atoms. The second-order valence-electron chi connectivity index (χ2n) is 6.54. The molecule has 0 atom stereocenters. The largest absolute Gasteiger partial charge is 0.375 e. The normalized spacial score (nSPS) is 15.7. The van der Waals surface area contributed by atoms with Gasteiger partial charge >= 0.3 is 0 Å². The van der Waals surface area contributed by atoms with Gasteiger partial charge in [-0.2, -0.15) is 0 Å². The van der Waals surface area contributed by atoms with Crippen molar-refractivity contribution in [3.63, 3.8) is 0 Å². The maximum Gasteiger partial charge on any atom is 0.0174 e. The minimum Gasteiger partial charge on any atom is -0.375 e. The zero-order chi connectivity index (χ0) is 15.9. The maximum atomic E-state index is 4.13. The molecule has 126 valence electrons. The molecule has 1 nitrogen and oxygen atoms in total. The molecule has 1 aliphatic heterocycles. The summed E-state index contributed by atoms with van der Waals surface area (Å²) in [5.41, 5.74) is 1.38. The highest BCUT2D eigenvalue weighted by atomic mass is 15.1. The van der Waals surface area contributed by atoms with Gasteiger partial charge in [0, 0.05) is 18.8 Å². The van der Waals surface area contributed by atoms with Crippen molar-refractivity contribution in [2.45, 2.75) is 98.3 Å². The van der Waals surface area contributed by atoms with Crippen molar-refractivity contribution in [3.05, 3.63) is 12.3 Å². The van der Waals surface area contributed by atoms with Crippen LogP contribution < -0.4 is 0 Å². The lowest BCUT2D eigenvalue weighted by Gasteiger charge is -2.24. The first-order valence-electron chi connectivity index (χ1n) is 9.62. The van der Waals surface area contributed by atoms with Crippen LogP contribution in [0.2, 0.25) is 0 Å². The van der Waals surface area contributed by atoms with E-state index in [-0.39, 0.29) is 0 Å². The summed E-state index contributed by atoms with van der Waals surface area (Å²) in [6.45, 7) is 15.7. The van der Waals surface area contributed by atoms with Crippen LogP contribution in [0.15, 0.2) is 12.3 Å². The van der Waals surface area contributed by atoms with Gasteiger partial charge in [0.1, 0.15) is 0 Å². The van der Waals surface area contributed by atoms with Crippen LogP contribution in [-0.2, 0) is 0 Å². The third-order valence-electron chi connectivity index (χ3n) is 4.74. The molecule has 0 radical (unpaired) electrons. The van der Waals surface area contributed by atoms with Gasteiger partial charge in [-0.15, -0.1) is 0 Å². The van der Waals surface area contributed by atoms with Crippen LogP contribution in [0.1, 0.15) is 98.3 Å². The molecule has 0 aliphatic carbocycles. The molecule has 0 amide bonds. The molecule has 0 aromatic rings. The second kappa shape index (κ2) is 14.5. The fraction of sp³-hybridized carbons (Fsp3) is 0.900. The van der Waals surface area contributed by atoms with Gasteiger partial charge in [-0.1, -0.05) is 79.2 Å². The first kappa shape index (κ1) is 20.5. The minimum absolute atomic E-state index is 1.00. The van der Waals surface area contributed by atoms with Gasteiger partial charge in [-0.3, -0.25) is 0 Å². The molecule has 0 N–H and O–H groups in total. The van der Waals surface area contributed by atoms with Crippen molar-refractivity contribution < 1.29 is 0 Å². The Labute approximate surface area is 135 Å². The van der Waals surface area contributed by atoms with Crippen molar-refractivity contribution in [1.29, 1.82) is 0 Å². The van der Waals surface area contributed by atoms with E-state index in [1.54, 1.807) is 0 Å². The first-order valence-corrected chi connectivity index (χ1v) is 9.62. The van der Waals surface area contributed by atoms with E-state index >= 15 is 0 Å². The Morgan fingerprint density at radius 3 is 2.19 bits per heavy atom. The quantitative estimate of drug-likeness (QED) is 0.476. The Balaban J connectivity index is 0.000000400. The van der Waals surface area contributed by atoms with Crippen molar-refractivity contribution in [2.75, 3.05) is 13.1 Å². The Kier molecular flexibility index (Phi) is 14.2. The first-order chi connectivity index (χ1) is 10.2. The lowest BCUT2D eigenvalue weighted by molar-refractivity contribution is 0.339. The van der Waals surface area contributed by atoms with Crippen LogP contribution in [0.5, 0.6) is 0 Å². The van der Waals surface area contributed by atoms with E-state index in [1.807, 2.05) is 0 Å². The smallest absolute Gasteiger partial charge is 0.0174 e.